The molecule has 7 nitrogen and oxygen atoms in total. The van der Waals surface area contributed by atoms with Crippen LogP contribution in [0, 0.1) is 0 Å². The van der Waals surface area contributed by atoms with Crippen LogP contribution in [0.5, 0.6) is 5.75 Å². The van der Waals surface area contributed by atoms with Crippen molar-refractivity contribution in [3.05, 3.63) is 66.1 Å². The zero-order valence-corrected chi connectivity index (χ0v) is 18.9. The molecule has 7 heteroatoms. The molecule has 1 heterocycles. The van der Waals surface area contributed by atoms with E-state index in [0.717, 1.165) is 36.5 Å². The molecule has 0 aliphatic carbocycles. The second-order valence-electron chi connectivity index (χ2n) is 7.48. The van der Waals surface area contributed by atoms with E-state index in [1.54, 1.807) is 0 Å². The highest BCUT2D eigenvalue weighted by atomic mass is 16.5. The molecular weight excluding hydrogens is 404 g/mol. The quantitative estimate of drug-likeness (QED) is 0.435. The van der Waals surface area contributed by atoms with E-state index in [-0.39, 0.29) is 5.91 Å². The molecule has 2 aromatic carbocycles. The van der Waals surface area contributed by atoms with Gasteiger partial charge in [-0.15, -0.1) is 10.2 Å². The number of hydrogen-bond acceptors (Lipinski definition) is 6. The Morgan fingerprint density at radius 3 is 2.56 bits per heavy atom. The first-order chi connectivity index (χ1) is 15.7. The second-order valence-corrected chi connectivity index (χ2v) is 7.48. The average Bonchev–Trinajstić information content (AvgIpc) is 3.31. The lowest BCUT2D eigenvalue weighted by Gasteiger charge is -2.19. The Morgan fingerprint density at radius 2 is 1.78 bits per heavy atom. The van der Waals surface area contributed by atoms with Crippen LogP contribution in [0.3, 0.4) is 0 Å². The van der Waals surface area contributed by atoms with E-state index >= 15 is 0 Å². The van der Waals surface area contributed by atoms with Crippen LogP contribution in [-0.2, 0) is 17.8 Å². The lowest BCUT2D eigenvalue weighted by molar-refractivity contribution is -0.121. The zero-order valence-electron chi connectivity index (χ0n) is 18.9. The van der Waals surface area contributed by atoms with E-state index < -0.39 is 0 Å². The SMILES string of the molecule is CCN(CC)CCOc1ccccc1CNC(=O)CCCc1nnc(-c2ccccc2)o1. The van der Waals surface area contributed by atoms with Gasteiger partial charge in [-0.25, -0.2) is 0 Å². The topological polar surface area (TPSA) is 80.5 Å². The van der Waals surface area contributed by atoms with Gasteiger partial charge in [0.25, 0.3) is 0 Å². The second kappa shape index (κ2) is 12.6. The maximum Gasteiger partial charge on any atom is 0.247 e. The van der Waals surface area contributed by atoms with Crippen LogP contribution >= 0.6 is 0 Å². The lowest BCUT2D eigenvalue weighted by atomic mass is 10.2. The fourth-order valence-corrected chi connectivity index (χ4v) is 3.35. The van der Waals surface area contributed by atoms with Gasteiger partial charge in [0.2, 0.25) is 17.7 Å². The van der Waals surface area contributed by atoms with Crippen molar-refractivity contribution in [1.29, 1.82) is 0 Å². The van der Waals surface area contributed by atoms with Crippen molar-refractivity contribution in [3.8, 4) is 17.2 Å². The van der Waals surface area contributed by atoms with Crippen molar-refractivity contribution in [2.24, 2.45) is 0 Å². The number of benzene rings is 2. The fraction of sp³-hybridized carbons (Fsp3) is 0.400. The van der Waals surface area contributed by atoms with Gasteiger partial charge in [0.05, 0.1) is 0 Å². The molecular formula is C25H32N4O3. The van der Waals surface area contributed by atoms with Gasteiger partial charge in [-0.3, -0.25) is 4.79 Å². The van der Waals surface area contributed by atoms with Crippen LogP contribution in [0.1, 0.15) is 38.1 Å². The molecule has 0 fully saturated rings. The van der Waals surface area contributed by atoms with Crippen molar-refractivity contribution >= 4 is 5.91 Å². The maximum absolute atomic E-state index is 12.3. The van der Waals surface area contributed by atoms with Gasteiger partial charge in [-0.1, -0.05) is 50.2 Å². The molecule has 0 aliphatic heterocycles. The summed E-state index contributed by atoms with van der Waals surface area (Å²) in [5.41, 5.74) is 1.87. The Bertz CT molecular complexity index is 955. The van der Waals surface area contributed by atoms with Gasteiger partial charge in [0.15, 0.2) is 0 Å². The number of nitrogens with zero attached hydrogens (tertiary/aromatic N) is 3. The molecule has 1 aromatic heterocycles. The fourth-order valence-electron chi connectivity index (χ4n) is 3.35. The Balaban J connectivity index is 1.40. The summed E-state index contributed by atoms with van der Waals surface area (Å²) in [6, 6.07) is 17.5. The smallest absolute Gasteiger partial charge is 0.247 e. The maximum atomic E-state index is 12.3. The largest absolute Gasteiger partial charge is 0.492 e. The van der Waals surface area contributed by atoms with Gasteiger partial charge < -0.3 is 19.4 Å². The first-order valence-corrected chi connectivity index (χ1v) is 11.3. The van der Waals surface area contributed by atoms with Gasteiger partial charge in [-0.2, -0.15) is 0 Å². The molecule has 0 aliphatic rings. The Labute approximate surface area is 189 Å². The number of nitrogens with one attached hydrogen (secondary N) is 1. The number of hydrogen-bond donors (Lipinski definition) is 1. The third-order valence-electron chi connectivity index (χ3n) is 5.29. The monoisotopic (exact) mass is 436 g/mol. The van der Waals surface area contributed by atoms with Gasteiger partial charge in [0.1, 0.15) is 12.4 Å². The number of ether oxygens (including phenoxy) is 1. The molecule has 32 heavy (non-hydrogen) atoms. The predicted octanol–water partition coefficient (Wildman–Crippen LogP) is 4.10. The third-order valence-corrected chi connectivity index (χ3v) is 5.29. The summed E-state index contributed by atoms with van der Waals surface area (Å²) in [6.45, 7) is 8.26. The molecule has 0 spiro atoms. The summed E-state index contributed by atoms with van der Waals surface area (Å²) in [4.78, 5) is 14.6. The van der Waals surface area contributed by atoms with Crippen LogP contribution in [0.2, 0.25) is 0 Å². The summed E-state index contributed by atoms with van der Waals surface area (Å²) >= 11 is 0. The molecule has 3 aromatic rings. The Kier molecular flexibility index (Phi) is 9.25. The molecule has 1 amide bonds. The van der Waals surface area contributed by atoms with Crippen LogP contribution < -0.4 is 10.1 Å². The van der Waals surface area contributed by atoms with Crippen LogP contribution in [0.25, 0.3) is 11.5 Å². The van der Waals surface area contributed by atoms with E-state index in [1.807, 2.05) is 54.6 Å². The molecule has 1 N–H and O–H groups in total. The van der Waals surface area contributed by atoms with Crippen molar-refractivity contribution in [1.82, 2.24) is 20.4 Å². The summed E-state index contributed by atoms with van der Waals surface area (Å²) in [6.07, 6.45) is 1.61. The lowest BCUT2D eigenvalue weighted by Crippen LogP contribution is -2.28. The molecule has 0 atom stereocenters. The average molecular weight is 437 g/mol. The minimum atomic E-state index is -0.00857. The van der Waals surface area contributed by atoms with E-state index in [4.69, 9.17) is 9.15 Å². The number of carbonyl (C=O) groups excluding carboxylic acids is 1. The van der Waals surface area contributed by atoms with Crippen molar-refractivity contribution < 1.29 is 13.9 Å². The summed E-state index contributed by atoms with van der Waals surface area (Å²) in [7, 11) is 0. The Morgan fingerprint density at radius 1 is 1.03 bits per heavy atom. The number of aryl methyl sites for hydroxylation is 1. The van der Waals surface area contributed by atoms with E-state index in [2.05, 4.69) is 34.3 Å². The molecule has 0 unspecified atom stereocenters. The highest BCUT2D eigenvalue weighted by Gasteiger charge is 2.10. The summed E-state index contributed by atoms with van der Waals surface area (Å²) < 4.78 is 11.7. The van der Waals surface area contributed by atoms with E-state index in [0.29, 0.717) is 44.2 Å². The summed E-state index contributed by atoms with van der Waals surface area (Å²) in [5, 5.41) is 11.1. The van der Waals surface area contributed by atoms with Crippen LogP contribution in [0.15, 0.2) is 59.0 Å². The molecule has 170 valence electrons. The summed E-state index contributed by atoms with van der Waals surface area (Å²) in [5.74, 6) is 1.86. The van der Waals surface area contributed by atoms with E-state index in [1.165, 1.54) is 0 Å². The number of rotatable bonds is 13. The third kappa shape index (κ3) is 7.20. The highest BCUT2D eigenvalue weighted by Crippen LogP contribution is 2.19. The number of amides is 1. The molecule has 0 radical (unpaired) electrons. The van der Waals surface area contributed by atoms with Crippen molar-refractivity contribution in [2.75, 3.05) is 26.2 Å². The highest BCUT2D eigenvalue weighted by molar-refractivity contribution is 5.75. The Hall–Kier alpha value is -3.19. The molecule has 0 saturated carbocycles. The van der Waals surface area contributed by atoms with Crippen LogP contribution in [-0.4, -0.2) is 47.2 Å². The van der Waals surface area contributed by atoms with Gasteiger partial charge in [-0.05, 0) is 37.7 Å². The van der Waals surface area contributed by atoms with E-state index in [9.17, 15) is 4.79 Å². The van der Waals surface area contributed by atoms with Crippen molar-refractivity contribution in [2.45, 2.75) is 39.7 Å². The van der Waals surface area contributed by atoms with Crippen molar-refractivity contribution in [3.63, 3.8) is 0 Å². The molecule has 0 bridgehead atoms. The molecule has 3 rings (SSSR count). The zero-order chi connectivity index (χ0) is 22.6. The standard InChI is InChI=1S/C25H32N4O3/c1-3-29(4-2)17-18-31-22-14-9-8-13-21(22)19-26-23(30)15-10-16-24-27-28-25(32-24)20-11-6-5-7-12-20/h5-9,11-14H,3-4,10,15-19H2,1-2H3,(H,26,30). The number of para-hydroxylation sites is 1. The predicted molar refractivity (Wildman–Crippen MR) is 124 cm³/mol. The number of carbonyl (C=O) groups is 1. The normalized spacial score (nSPS) is 11.0. The minimum Gasteiger partial charge on any atom is -0.492 e. The first kappa shape index (κ1) is 23.5. The molecule has 0 saturated heterocycles. The first-order valence-electron chi connectivity index (χ1n) is 11.3. The number of likely N-dealkylation sites (N-methyl/N-ethyl adjacent to an activating group) is 1. The van der Waals surface area contributed by atoms with Gasteiger partial charge >= 0.3 is 0 Å². The number of aromatic nitrogens is 2. The van der Waals surface area contributed by atoms with Crippen LogP contribution in [0.4, 0.5) is 0 Å². The minimum absolute atomic E-state index is 0.00857. The van der Waals surface area contributed by atoms with Gasteiger partial charge in [0, 0.05) is 37.1 Å².